The first kappa shape index (κ1) is 22.2. The van der Waals surface area contributed by atoms with Crippen LogP contribution in [0.2, 0.25) is 0 Å². The Hall–Kier alpha value is -2.12. The largest absolute Gasteiger partial charge is 0.494 e. The third-order valence-corrected chi connectivity index (χ3v) is 4.73. The lowest BCUT2D eigenvalue weighted by molar-refractivity contribution is -0.0513. The van der Waals surface area contributed by atoms with Gasteiger partial charge < -0.3 is 18.8 Å². The van der Waals surface area contributed by atoms with Gasteiger partial charge in [0.25, 0.3) is 0 Å². The molecule has 0 N–H and O–H groups in total. The highest BCUT2D eigenvalue weighted by atomic mass is 19.3. The standard InChI is InChI=1S/C21H27BF2O4/c1-14(2)8-9-15(3)13-25-17-11-10-16(12-18(17)26-19(23)24)22-27-20(4,5)21(6,7)28-22/h8-12,19H,1,3,13H2,2,4-7H3/b9-8-. The molecule has 0 aliphatic carbocycles. The maximum absolute atomic E-state index is 12.9. The van der Waals surface area contributed by atoms with Crippen LogP contribution in [0.4, 0.5) is 8.78 Å². The monoisotopic (exact) mass is 392 g/mol. The normalized spacial score (nSPS) is 17.9. The Morgan fingerprint density at radius 3 is 2.25 bits per heavy atom. The van der Waals surface area contributed by atoms with Gasteiger partial charge in [0.15, 0.2) is 11.5 Å². The number of hydrogen-bond acceptors (Lipinski definition) is 4. The minimum absolute atomic E-state index is 0.0844. The number of alkyl halides is 2. The Bertz CT molecular complexity index is 756. The van der Waals surface area contributed by atoms with Crippen molar-refractivity contribution in [3.8, 4) is 11.5 Å². The number of rotatable bonds is 8. The molecule has 7 heteroatoms. The number of hydrogen-bond donors (Lipinski definition) is 0. The second kappa shape index (κ2) is 8.49. The minimum atomic E-state index is -2.98. The quantitative estimate of drug-likeness (QED) is 0.477. The van der Waals surface area contributed by atoms with E-state index in [1.54, 1.807) is 24.3 Å². The highest BCUT2D eigenvalue weighted by Gasteiger charge is 2.51. The van der Waals surface area contributed by atoms with Gasteiger partial charge in [-0.2, -0.15) is 8.78 Å². The molecule has 1 aromatic carbocycles. The molecular formula is C21H27BF2O4. The van der Waals surface area contributed by atoms with Gasteiger partial charge in [-0.3, -0.25) is 0 Å². The predicted octanol–water partition coefficient (Wildman–Crippen LogP) is 4.65. The Morgan fingerprint density at radius 1 is 1.11 bits per heavy atom. The number of allylic oxidation sites excluding steroid dienone is 2. The third-order valence-electron chi connectivity index (χ3n) is 4.73. The van der Waals surface area contributed by atoms with E-state index in [-0.39, 0.29) is 18.1 Å². The Morgan fingerprint density at radius 2 is 1.71 bits per heavy atom. The molecule has 4 nitrogen and oxygen atoms in total. The zero-order chi connectivity index (χ0) is 21.1. The van der Waals surface area contributed by atoms with Crippen LogP contribution >= 0.6 is 0 Å². The molecule has 1 fully saturated rings. The molecule has 28 heavy (non-hydrogen) atoms. The highest BCUT2D eigenvalue weighted by molar-refractivity contribution is 6.62. The van der Waals surface area contributed by atoms with Gasteiger partial charge in [0.2, 0.25) is 0 Å². The summed E-state index contributed by atoms with van der Waals surface area (Å²) in [4.78, 5) is 0. The fraction of sp³-hybridized carbons (Fsp3) is 0.429. The Balaban J connectivity index is 2.19. The van der Waals surface area contributed by atoms with Crippen LogP contribution in [-0.2, 0) is 9.31 Å². The summed E-state index contributed by atoms with van der Waals surface area (Å²) in [5.74, 6) is 0.101. The van der Waals surface area contributed by atoms with Crippen LogP contribution in [0.1, 0.15) is 34.6 Å². The first-order valence-corrected chi connectivity index (χ1v) is 9.00. The first-order valence-electron chi connectivity index (χ1n) is 9.00. The number of halogens is 2. The van der Waals surface area contributed by atoms with Crippen LogP contribution in [0.15, 0.2) is 54.7 Å². The van der Waals surface area contributed by atoms with E-state index in [9.17, 15) is 8.78 Å². The van der Waals surface area contributed by atoms with Gasteiger partial charge in [-0.05, 0) is 57.8 Å². The third kappa shape index (κ3) is 5.46. The second-order valence-electron chi connectivity index (χ2n) is 7.80. The predicted molar refractivity (Wildman–Crippen MR) is 107 cm³/mol. The van der Waals surface area contributed by atoms with Gasteiger partial charge in [0.1, 0.15) is 6.61 Å². The van der Waals surface area contributed by atoms with E-state index in [4.69, 9.17) is 14.0 Å². The van der Waals surface area contributed by atoms with E-state index in [2.05, 4.69) is 17.9 Å². The van der Waals surface area contributed by atoms with Crippen LogP contribution in [0.5, 0.6) is 11.5 Å². The summed E-state index contributed by atoms with van der Waals surface area (Å²) in [6.45, 7) is 14.3. The van der Waals surface area contributed by atoms with Crippen LogP contribution in [0, 0.1) is 0 Å². The van der Waals surface area contributed by atoms with Crippen LogP contribution < -0.4 is 14.9 Å². The maximum atomic E-state index is 12.9. The topological polar surface area (TPSA) is 36.9 Å². The lowest BCUT2D eigenvalue weighted by Crippen LogP contribution is -2.41. The molecule has 0 radical (unpaired) electrons. The molecule has 0 amide bonds. The Kier molecular flexibility index (Phi) is 6.73. The molecule has 0 bridgehead atoms. The molecular weight excluding hydrogens is 365 g/mol. The fourth-order valence-electron chi connectivity index (χ4n) is 2.44. The molecule has 0 unspecified atom stereocenters. The van der Waals surface area contributed by atoms with E-state index >= 15 is 0 Å². The molecule has 0 saturated carbocycles. The number of ether oxygens (including phenoxy) is 2. The van der Waals surface area contributed by atoms with Gasteiger partial charge in [-0.1, -0.05) is 36.9 Å². The van der Waals surface area contributed by atoms with Crippen molar-refractivity contribution in [1.82, 2.24) is 0 Å². The van der Waals surface area contributed by atoms with Crippen molar-refractivity contribution in [2.24, 2.45) is 0 Å². The molecule has 1 saturated heterocycles. The maximum Gasteiger partial charge on any atom is 0.494 e. The molecule has 2 rings (SSSR count). The number of benzene rings is 1. The summed E-state index contributed by atoms with van der Waals surface area (Å²) in [6.07, 6.45) is 3.55. The molecule has 0 spiro atoms. The van der Waals surface area contributed by atoms with Crippen LogP contribution in [0.3, 0.4) is 0 Å². The van der Waals surface area contributed by atoms with E-state index in [1.807, 2.05) is 34.6 Å². The first-order chi connectivity index (χ1) is 12.9. The molecule has 1 aliphatic rings. The Labute approximate surface area is 166 Å². The SMILES string of the molecule is C=C(C)/C=C\C(=C)COc1ccc(B2OC(C)(C)C(C)(C)O2)cc1OC(F)F. The van der Waals surface area contributed by atoms with E-state index in [1.165, 1.54) is 6.07 Å². The molecule has 1 aromatic rings. The second-order valence-corrected chi connectivity index (χ2v) is 7.80. The van der Waals surface area contributed by atoms with Gasteiger partial charge >= 0.3 is 13.7 Å². The summed E-state index contributed by atoms with van der Waals surface area (Å²) in [5, 5.41) is 0. The van der Waals surface area contributed by atoms with Crippen molar-refractivity contribution in [3.63, 3.8) is 0 Å². The van der Waals surface area contributed by atoms with Gasteiger partial charge in [-0.25, -0.2) is 0 Å². The summed E-state index contributed by atoms with van der Waals surface area (Å²) >= 11 is 0. The summed E-state index contributed by atoms with van der Waals surface area (Å²) in [7, 11) is -0.687. The summed E-state index contributed by atoms with van der Waals surface area (Å²) in [5.41, 5.74) is 1.03. The van der Waals surface area contributed by atoms with Gasteiger partial charge in [0.05, 0.1) is 11.2 Å². The fourth-order valence-corrected chi connectivity index (χ4v) is 2.44. The van der Waals surface area contributed by atoms with Crippen molar-refractivity contribution >= 4 is 12.6 Å². The van der Waals surface area contributed by atoms with Gasteiger partial charge in [-0.15, -0.1) is 0 Å². The molecule has 1 aliphatic heterocycles. The van der Waals surface area contributed by atoms with Crippen molar-refractivity contribution in [2.75, 3.05) is 6.61 Å². The van der Waals surface area contributed by atoms with Crippen molar-refractivity contribution in [3.05, 3.63) is 54.7 Å². The van der Waals surface area contributed by atoms with E-state index in [0.717, 1.165) is 5.57 Å². The van der Waals surface area contributed by atoms with E-state index < -0.39 is 24.9 Å². The zero-order valence-corrected chi connectivity index (χ0v) is 17.1. The lowest BCUT2D eigenvalue weighted by atomic mass is 9.79. The molecule has 1 heterocycles. The minimum Gasteiger partial charge on any atom is -0.485 e. The van der Waals surface area contributed by atoms with Crippen LogP contribution in [0.25, 0.3) is 0 Å². The summed E-state index contributed by atoms with van der Waals surface area (Å²) in [6, 6.07) is 4.73. The van der Waals surface area contributed by atoms with E-state index in [0.29, 0.717) is 11.0 Å². The van der Waals surface area contributed by atoms with Crippen molar-refractivity contribution in [2.45, 2.75) is 52.4 Å². The average molecular weight is 392 g/mol. The average Bonchev–Trinajstić information content (AvgIpc) is 2.79. The van der Waals surface area contributed by atoms with Crippen LogP contribution in [-0.4, -0.2) is 31.5 Å². The van der Waals surface area contributed by atoms with Crippen molar-refractivity contribution < 1.29 is 27.6 Å². The molecule has 0 aromatic heterocycles. The summed E-state index contributed by atoms with van der Waals surface area (Å²) < 4.78 is 48.0. The zero-order valence-electron chi connectivity index (χ0n) is 17.1. The lowest BCUT2D eigenvalue weighted by Gasteiger charge is -2.32. The molecule has 152 valence electrons. The highest BCUT2D eigenvalue weighted by Crippen LogP contribution is 2.37. The molecule has 0 atom stereocenters. The van der Waals surface area contributed by atoms with Gasteiger partial charge in [0, 0.05) is 0 Å². The van der Waals surface area contributed by atoms with Crippen molar-refractivity contribution in [1.29, 1.82) is 0 Å². The smallest absolute Gasteiger partial charge is 0.485 e.